The number of aliphatic carboxylic acids is 1. The van der Waals surface area contributed by atoms with Crippen LogP contribution in [-0.2, 0) is 73.4 Å². The van der Waals surface area contributed by atoms with E-state index in [9.17, 15) is 39.0 Å². The molecule has 0 bridgehead atoms. The molecule has 4 aromatic carbocycles. The molecule has 27 nitrogen and oxygen atoms in total. The molecule has 6 aromatic rings. The van der Waals surface area contributed by atoms with Crippen LogP contribution in [0, 0.1) is 22.7 Å². The highest BCUT2D eigenvalue weighted by Gasteiger charge is 2.46. The normalized spacial score (nSPS) is 20.0. The number of carbonyl (C=O) groups is 6. The van der Waals surface area contributed by atoms with Crippen LogP contribution in [0.1, 0.15) is 118 Å². The van der Waals surface area contributed by atoms with E-state index in [0.717, 1.165) is 57.6 Å². The van der Waals surface area contributed by atoms with E-state index in [1.807, 2.05) is 166 Å². The Morgan fingerprint density at radius 1 is 0.495 bits per heavy atom. The summed E-state index contributed by atoms with van der Waals surface area (Å²) >= 11 is 0. The van der Waals surface area contributed by atoms with E-state index in [-0.39, 0.29) is 56.8 Å². The van der Waals surface area contributed by atoms with E-state index in [2.05, 4.69) is 36.7 Å². The van der Waals surface area contributed by atoms with Crippen LogP contribution in [-0.4, -0.2) is 183 Å². The molecular weight excluding hydrogens is 1370 g/mol. The number of hydrogen-bond acceptors (Lipinski definition) is 21. The van der Waals surface area contributed by atoms with Gasteiger partial charge in [-0.15, -0.1) is 0 Å². The van der Waals surface area contributed by atoms with E-state index in [1.165, 1.54) is 0 Å². The number of nitrogens with zero attached hydrogens (tertiary/aromatic N) is 4. The summed E-state index contributed by atoms with van der Waals surface area (Å²) in [6, 6.07) is 43.1. The molecule has 4 aliphatic rings. The Kier molecular flexibility index (Phi) is 30.1. The molecule has 4 aliphatic heterocycles. The number of carboxylic acid groups (broad SMARTS) is 1. The van der Waals surface area contributed by atoms with Gasteiger partial charge in [0.25, 0.3) is 5.91 Å². The summed E-state index contributed by atoms with van der Waals surface area (Å²) in [7, 11) is 0. The second-order valence-corrected chi connectivity index (χ2v) is 31.3. The van der Waals surface area contributed by atoms with E-state index < -0.39 is 101 Å². The Balaban J connectivity index is 0.000000232. The number of alkyl carbamates (subject to hydrolysis) is 4. The number of rotatable bonds is 25. The lowest BCUT2D eigenvalue weighted by Crippen LogP contribution is -2.59. The van der Waals surface area contributed by atoms with Gasteiger partial charge in [0.15, 0.2) is 12.6 Å². The molecule has 2 unspecified atom stereocenters. The van der Waals surface area contributed by atoms with Crippen LogP contribution in [0.4, 0.5) is 19.2 Å². The molecule has 580 valence electrons. The number of aromatic nitrogens is 2. The fraction of sp³-hybridized carbons (Fsp3) is 0.500. The van der Waals surface area contributed by atoms with Gasteiger partial charge < -0.3 is 74.5 Å². The number of hydrazine groups is 2. The standard InChI is InChI=1S/C40H53N5O8.C29H34N4O5.C11H21NO4/c1-39(2,3)34(43-38(49)53-40(4,5)6)35(47)44-45(23-27-15-17-28(18-16-27)30-14-10-11-20-41-30)24-32(46)31(22-26-12-8-7-9-13-26)42-37(48)52-33-25-51-36-29(33)19-21-50-36;30-33(17-21-9-11-22(12-10-21)24-8-4-5-14-31-24)18-26(34)25(16-20-6-2-1-3-7-20)32-29(35)38-27-19-37-28-23(27)13-15-36-28;1-10(2,3)7(8(13)14)12-9(15)16-11(4,5)6/h7-18,20,29,31-34,36,46H,19,21-25H2,1-6H3,(H,42,48)(H,43,49)(H,44,47);1-12,14,23,25-28,34H,13,15-19,30H2,(H,32,35);7H,1-6H3,(H,12,15)(H,13,14)/t29-,31-,32-,33-,34?,36+;23-,25-,26-,27-,28+;/m00./s1. The largest absolute Gasteiger partial charge is 0.480 e. The van der Waals surface area contributed by atoms with Gasteiger partial charge in [-0.25, -0.2) is 34.0 Å². The van der Waals surface area contributed by atoms with Gasteiger partial charge in [-0.1, -0.05) is 163 Å². The smallest absolute Gasteiger partial charge is 0.408 e. The Morgan fingerprint density at radius 3 is 1.29 bits per heavy atom. The zero-order valence-corrected chi connectivity index (χ0v) is 63.3. The molecule has 10 N–H and O–H groups in total. The fourth-order valence-corrected chi connectivity index (χ4v) is 12.5. The summed E-state index contributed by atoms with van der Waals surface area (Å²) < 4.78 is 44.2. The van der Waals surface area contributed by atoms with Gasteiger partial charge in [-0.2, -0.15) is 0 Å². The average Bonchev–Trinajstić information content (AvgIpc) is 1.81. The number of nitrogens with one attached hydrogen (secondary N) is 5. The number of aliphatic hydroxyl groups is 2. The summed E-state index contributed by atoms with van der Waals surface area (Å²) in [5.41, 5.74) is 7.67. The molecule has 2 aromatic heterocycles. The van der Waals surface area contributed by atoms with Gasteiger partial charge in [-0.3, -0.25) is 26.0 Å². The molecule has 6 heterocycles. The number of aliphatic hydroxyl groups excluding tert-OH is 2. The Bertz CT molecular complexity index is 3770. The van der Waals surface area contributed by atoms with Crippen molar-refractivity contribution >= 4 is 36.2 Å². The number of nitrogens with two attached hydrogens (primary N) is 1. The summed E-state index contributed by atoms with van der Waals surface area (Å²) in [6.07, 6.45) is -0.568. The first-order chi connectivity index (χ1) is 50.6. The van der Waals surface area contributed by atoms with E-state index in [1.54, 1.807) is 84.7 Å². The highest BCUT2D eigenvalue weighted by Crippen LogP contribution is 2.35. The summed E-state index contributed by atoms with van der Waals surface area (Å²) in [4.78, 5) is 84.2. The fourth-order valence-electron chi connectivity index (χ4n) is 12.5. The van der Waals surface area contributed by atoms with Crippen molar-refractivity contribution in [1.29, 1.82) is 0 Å². The quantitative estimate of drug-likeness (QED) is 0.0146. The van der Waals surface area contributed by atoms with Gasteiger partial charge in [-0.05, 0) is 125 Å². The highest BCUT2D eigenvalue weighted by atomic mass is 16.7. The summed E-state index contributed by atoms with van der Waals surface area (Å²) in [5.74, 6) is 4.73. The minimum absolute atomic E-state index is 0.0434. The van der Waals surface area contributed by atoms with Crippen molar-refractivity contribution in [2.24, 2.45) is 28.5 Å². The summed E-state index contributed by atoms with van der Waals surface area (Å²) in [5, 5.41) is 45.9. The third kappa shape index (κ3) is 27.2. The van der Waals surface area contributed by atoms with E-state index in [0.29, 0.717) is 39.2 Å². The maximum atomic E-state index is 14.0. The molecular formula is C80H108N10O17. The van der Waals surface area contributed by atoms with Crippen molar-refractivity contribution in [1.82, 2.24) is 46.7 Å². The predicted molar refractivity (Wildman–Crippen MR) is 400 cm³/mol. The van der Waals surface area contributed by atoms with Gasteiger partial charge in [0.05, 0.1) is 73.9 Å². The van der Waals surface area contributed by atoms with Crippen LogP contribution in [0.25, 0.3) is 22.5 Å². The van der Waals surface area contributed by atoms with Crippen molar-refractivity contribution in [3.8, 4) is 22.5 Å². The minimum atomic E-state index is -1.18. The Hall–Kier alpha value is -9.16. The average molecular weight is 1480 g/mol. The third-order valence-corrected chi connectivity index (χ3v) is 17.9. The number of fused-ring (bicyclic) bond motifs is 2. The molecule has 5 amide bonds. The lowest BCUT2D eigenvalue weighted by molar-refractivity contribution is -0.142. The van der Waals surface area contributed by atoms with Crippen molar-refractivity contribution in [2.75, 3.05) is 39.5 Å². The zero-order valence-electron chi connectivity index (χ0n) is 63.3. The summed E-state index contributed by atoms with van der Waals surface area (Å²) in [6.45, 7) is 23.5. The maximum absolute atomic E-state index is 14.0. The number of pyridine rings is 2. The number of ether oxygens (including phenoxy) is 8. The van der Waals surface area contributed by atoms with Gasteiger partial charge in [0, 0.05) is 49.7 Å². The first-order valence-electron chi connectivity index (χ1n) is 36.2. The maximum Gasteiger partial charge on any atom is 0.408 e. The van der Waals surface area contributed by atoms with Crippen molar-refractivity contribution in [3.05, 3.63) is 180 Å². The van der Waals surface area contributed by atoms with Crippen LogP contribution in [0.15, 0.2) is 158 Å². The lowest BCUT2D eigenvalue weighted by Gasteiger charge is -2.35. The van der Waals surface area contributed by atoms with E-state index >= 15 is 0 Å². The molecule has 10 rings (SSSR count). The van der Waals surface area contributed by atoms with Gasteiger partial charge in [0.1, 0.15) is 35.5 Å². The first kappa shape index (κ1) is 83.5. The van der Waals surface area contributed by atoms with Crippen LogP contribution < -0.4 is 32.5 Å². The molecule has 4 saturated heterocycles. The van der Waals surface area contributed by atoms with Crippen LogP contribution >= 0.6 is 0 Å². The SMILES string of the molecule is CC(C)(C)OC(=O)NC(C(=O)NN(Cc1ccc(-c2ccccn2)cc1)C[C@H](O)[C@H](Cc1ccccc1)NC(=O)O[C@H]1CO[C@H]2OCC[C@H]21)C(C)(C)C.CC(C)(C)OC(=O)NC(C(=O)O)C(C)(C)C.NN(Cc1ccc(-c2ccccn2)cc1)C[C@H](O)[C@H](Cc1ccccc1)NC(=O)O[C@H]1CO[C@H]2OCC[C@H]21. The topological polar surface area (TPSA) is 355 Å². The van der Waals surface area contributed by atoms with Crippen LogP contribution in [0.5, 0.6) is 0 Å². The van der Waals surface area contributed by atoms with Crippen LogP contribution in [0.2, 0.25) is 0 Å². The van der Waals surface area contributed by atoms with Gasteiger partial charge >= 0.3 is 30.3 Å². The second-order valence-electron chi connectivity index (χ2n) is 31.3. The van der Waals surface area contributed by atoms with Gasteiger partial charge in [0.2, 0.25) is 0 Å². The monoisotopic (exact) mass is 1480 g/mol. The molecule has 0 aliphatic carbocycles. The second kappa shape index (κ2) is 38.6. The molecule has 27 heteroatoms. The number of hydrogen-bond donors (Lipinski definition) is 9. The zero-order chi connectivity index (χ0) is 77.6. The molecule has 0 saturated carbocycles. The molecule has 0 spiro atoms. The predicted octanol–water partition coefficient (Wildman–Crippen LogP) is 9.88. The van der Waals surface area contributed by atoms with Crippen LogP contribution in [0.3, 0.4) is 0 Å². The van der Waals surface area contributed by atoms with Crippen molar-refractivity contribution in [2.45, 2.75) is 194 Å². The number of amides is 5. The molecule has 107 heavy (non-hydrogen) atoms. The molecule has 4 fully saturated rings. The van der Waals surface area contributed by atoms with Crippen molar-refractivity contribution < 1.29 is 82.0 Å². The van der Waals surface area contributed by atoms with E-state index in [4.69, 9.17) is 48.8 Å². The Morgan fingerprint density at radius 2 is 0.897 bits per heavy atom. The lowest BCUT2D eigenvalue weighted by atomic mass is 9.86. The molecule has 0 radical (unpaired) electrons. The first-order valence-corrected chi connectivity index (χ1v) is 36.2. The Labute approximate surface area is 627 Å². The number of carboxylic acids is 1. The molecule has 12 atom stereocenters. The van der Waals surface area contributed by atoms with Crippen molar-refractivity contribution in [3.63, 3.8) is 0 Å². The minimum Gasteiger partial charge on any atom is -0.480 e. The number of benzene rings is 4. The third-order valence-electron chi connectivity index (χ3n) is 17.9. The number of carbonyl (C=O) groups excluding carboxylic acids is 5. The highest BCUT2D eigenvalue weighted by molar-refractivity contribution is 5.86.